The average Bonchev–Trinajstić information content (AvgIpc) is 2.51. The fourth-order valence-electron chi connectivity index (χ4n) is 3.27. The molecule has 1 aromatic rings. The summed E-state index contributed by atoms with van der Waals surface area (Å²) in [5, 5.41) is 6.24. The molecule has 3 rings (SSSR count). The van der Waals surface area contributed by atoms with Crippen molar-refractivity contribution in [2.45, 2.75) is 63.5 Å². The summed E-state index contributed by atoms with van der Waals surface area (Å²) in [6, 6.07) is 5.06. The number of nitrogens with one attached hydrogen (secondary N) is 2. The van der Waals surface area contributed by atoms with Gasteiger partial charge in [-0.25, -0.2) is 0 Å². The van der Waals surface area contributed by atoms with Gasteiger partial charge in [-0.05, 0) is 38.0 Å². The van der Waals surface area contributed by atoms with Gasteiger partial charge in [0.2, 0.25) is 0 Å². The van der Waals surface area contributed by atoms with E-state index in [1.807, 2.05) is 0 Å². The van der Waals surface area contributed by atoms with Crippen LogP contribution in [0.15, 0.2) is 18.2 Å². The summed E-state index contributed by atoms with van der Waals surface area (Å²) in [6.07, 6.45) is 7.80. The monoisotopic (exact) mass is 350 g/mol. The zero-order valence-corrected chi connectivity index (χ0v) is 14.6. The summed E-state index contributed by atoms with van der Waals surface area (Å²) < 4.78 is 5.76. The lowest BCUT2D eigenvalue weighted by atomic mass is 9.95. The molecule has 2 aliphatic rings. The third-order valence-electron chi connectivity index (χ3n) is 4.81. The molecule has 5 nitrogen and oxygen atoms in total. The molecule has 1 aliphatic carbocycles. The van der Waals surface area contributed by atoms with Crippen molar-refractivity contribution in [2.24, 2.45) is 0 Å². The van der Waals surface area contributed by atoms with Crippen LogP contribution in [0.2, 0.25) is 5.02 Å². The average molecular weight is 351 g/mol. The van der Waals surface area contributed by atoms with E-state index in [1.165, 1.54) is 26.2 Å². The Kier molecular flexibility index (Phi) is 4.99. The van der Waals surface area contributed by atoms with Crippen molar-refractivity contribution in [2.75, 3.05) is 5.32 Å². The van der Waals surface area contributed by atoms with E-state index in [0.717, 1.165) is 25.7 Å². The van der Waals surface area contributed by atoms with Crippen LogP contribution in [0.25, 0.3) is 0 Å². The number of benzene rings is 1. The second-order valence-corrected chi connectivity index (χ2v) is 7.18. The predicted molar refractivity (Wildman–Crippen MR) is 93.4 cm³/mol. The van der Waals surface area contributed by atoms with Crippen LogP contribution < -0.4 is 15.4 Å². The number of fused-ring (bicyclic) bond motifs is 1. The Morgan fingerprint density at radius 1 is 1.25 bits per heavy atom. The molecule has 1 fully saturated rings. The Bertz CT molecular complexity index is 641. The summed E-state index contributed by atoms with van der Waals surface area (Å²) in [5.74, 6) is -0.402. The maximum absolute atomic E-state index is 12.8. The Morgan fingerprint density at radius 2 is 1.92 bits per heavy atom. The molecule has 1 unspecified atom stereocenters. The molecule has 2 N–H and O–H groups in total. The largest absolute Gasteiger partial charge is 0.466 e. The van der Waals surface area contributed by atoms with Crippen molar-refractivity contribution in [3.63, 3.8) is 0 Å². The minimum atomic E-state index is -1.57. The topological polar surface area (TPSA) is 67.4 Å². The number of amides is 2. The fourth-order valence-corrected chi connectivity index (χ4v) is 3.44. The summed E-state index contributed by atoms with van der Waals surface area (Å²) in [4.78, 5) is 25.2. The van der Waals surface area contributed by atoms with Crippen LogP contribution in [0.5, 0.6) is 5.75 Å². The molecule has 0 aromatic heterocycles. The number of carbonyl (C=O) groups excluding carboxylic acids is 2. The van der Waals surface area contributed by atoms with Gasteiger partial charge in [0.1, 0.15) is 5.75 Å². The highest BCUT2D eigenvalue weighted by Gasteiger charge is 2.47. The number of halogens is 1. The second kappa shape index (κ2) is 7.01. The lowest BCUT2D eigenvalue weighted by molar-refractivity contribution is -0.147. The van der Waals surface area contributed by atoms with Gasteiger partial charge in [-0.1, -0.05) is 43.7 Å². The van der Waals surface area contributed by atoms with Crippen LogP contribution in [0.4, 0.5) is 5.69 Å². The molecule has 1 heterocycles. The highest BCUT2D eigenvalue weighted by molar-refractivity contribution is 6.31. The van der Waals surface area contributed by atoms with Gasteiger partial charge in [-0.2, -0.15) is 0 Å². The van der Waals surface area contributed by atoms with Crippen molar-refractivity contribution in [3.8, 4) is 5.75 Å². The summed E-state index contributed by atoms with van der Waals surface area (Å²) in [5.41, 5.74) is -1.08. The molecule has 6 heteroatoms. The molecule has 0 radical (unpaired) electrons. The molecule has 130 valence electrons. The maximum Gasteiger partial charge on any atom is 0.278 e. The third-order valence-corrected chi connectivity index (χ3v) is 5.05. The zero-order valence-electron chi connectivity index (χ0n) is 13.9. The van der Waals surface area contributed by atoms with Gasteiger partial charge in [0.05, 0.1) is 5.69 Å². The molecule has 24 heavy (non-hydrogen) atoms. The molecular formula is C18H23ClN2O3. The first-order valence-electron chi connectivity index (χ1n) is 8.60. The number of ether oxygens (including phenoxy) is 1. The second-order valence-electron chi connectivity index (χ2n) is 6.75. The summed E-state index contributed by atoms with van der Waals surface area (Å²) >= 11 is 5.93. The van der Waals surface area contributed by atoms with E-state index in [4.69, 9.17) is 16.3 Å². The molecule has 2 amide bonds. The molecule has 1 saturated carbocycles. The Balaban J connectivity index is 1.73. The third kappa shape index (κ3) is 3.51. The minimum absolute atomic E-state index is 0.109. The van der Waals surface area contributed by atoms with E-state index in [2.05, 4.69) is 10.6 Å². The number of anilines is 1. The molecule has 0 bridgehead atoms. The van der Waals surface area contributed by atoms with Crippen molar-refractivity contribution in [1.82, 2.24) is 5.32 Å². The number of carbonyl (C=O) groups is 2. The smallest absolute Gasteiger partial charge is 0.278 e. The van der Waals surface area contributed by atoms with Gasteiger partial charge in [-0.15, -0.1) is 0 Å². The molecule has 1 aromatic carbocycles. The fraction of sp³-hybridized carbons (Fsp3) is 0.556. The van der Waals surface area contributed by atoms with E-state index in [9.17, 15) is 9.59 Å². The van der Waals surface area contributed by atoms with Crippen molar-refractivity contribution in [1.29, 1.82) is 0 Å². The standard InChI is InChI=1S/C18H23ClN2O3/c1-18(16(22)20-13-7-5-3-2-4-6-8-13)17(23)21-14-11-12(19)9-10-15(14)24-18/h9-11,13H,2-8H2,1H3,(H,20,22)(H,21,23). The highest BCUT2D eigenvalue weighted by Crippen LogP contribution is 2.35. The zero-order chi connectivity index (χ0) is 17.2. The van der Waals surface area contributed by atoms with Crippen LogP contribution in [0, 0.1) is 0 Å². The lowest BCUT2D eigenvalue weighted by Gasteiger charge is -2.34. The summed E-state index contributed by atoms with van der Waals surface area (Å²) in [6.45, 7) is 1.51. The van der Waals surface area contributed by atoms with E-state index in [1.54, 1.807) is 18.2 Å². The van der Waals surface area contributed by atoms with Crippen molar-refractivity contribution < 1.29 is 14.3 Å². The minimum Gasteiger partial charge on any atom is -0.466 e. The van der Waals surface area contributed by atoms with Gasteiger partial charge in [0.25, 0.3) is 17.4 Å². The number of rotatable bonds is 2. The van der Waals surface area contributed by atoms with Gasteiger partial charge in [-0.3, -0.25) is 9.59 Å². The Hall–Kier alpha value is -1.75. The SMILES string of the molecule is CC1(C(=O)NC2CCCCCCC2)Oc2ccc(Cl)cc2NC1=O. The first kappa shape index (κ1) is 17.1. The van der Waals surface area contributed by atoms with Crippen LogP contribution in [-0.4, -0.2) is 23.5 Å². The normalized spacial score (nSPS) is 24.8. The Morgan fingerprint density at radius 3 is 2.62 bits per heavy atom. The van der Waals surface area contributed by atoms with E-state index < -0.39 is 11.5 Å². The van der Waals surface area contributed by atoms with Crippen molar-refractivity contribution >= 4 is 29.1 Å². The molecular weight excluding hydrogens is 328 g/mol. The van der Waals surface area contributed by atoms with Crippen LogP contribution >= 0.6 is 11.6 Å². The van der Waals surface area contributed by atoms with Gasteiger partial charge in [0, 0.05) is 11.1 Å². The van der Waals surface area contributed by atoms with Crippen LogP contribution in [-0.2, 0) is 9.59 Å². The van der Waals surface area contributed by atoms with Gasteiger partial charge < -0.3 is 15.4 Å². The molecule has 0 saturated heterocycles. The molecule has 0 spiro atoms. The highest BCUT2D eigenvalue weighted by atomic mass is 35.5. The van der Waals surface area contributed by atoms with Crippen LogP contribution in [0.3, 0.4) is 0 Å². The molecule has 1 atom stereocenters. The van der Waals surface area contributed by atoms with E-state index >= 15 is 0 Å². The Labute approximate surface area is 147 Å². The first-order valence-corrected chi connectivity index (χ1v) is 8.98. The first-order chi connectivity index (χ1) is 11.5. The lowest BCUT2D eigenvalue weighted by Crippen LogP contribution is -2.60. The van der Waals surface area contributed by atoms with E-state index in [0.29, 0.717) is 16.5 Å². The maximum atomic E-state index is 12.8. The summed E-state index contributed by atoms with van der Waals surface area (Å²) in [7, 11) is 0. The van der Waals surface area contributed by atoms with Crippen LogP contribution in [0.1, 0.15) is 51.9 Å². The molecule has 1 aliphatic heterocycles. The number of hydrogen-bond donors (Lipinski definition) is 2. The predicted octanol–water partition coefficient (Wildman–Crippen LogP) is 3.66. The quantitative estimate of drug-likeness (QED) is 0.800. The van der Waals surface area contributed by atoms with E-state index in [-0.39, 0.29) is 11.9 Å². The van der Waals surface area contributed by atoms with Gasteiger partial charge >= 0.3 is 0 Å². The van der Waals surface area contributed by atoms with Gasteiger partial charge in [0.15, 0.2) is 0 Å². The van der Waals surface area contributed by atoms with Crippen molar-refractivity contribution in [3.05, 3.63) is 23.2 Å². The number of hydrogen-bond acceptors (Lipinski definition) is 3.